The maximum atomic E-state index is 11.3. The van der Waals surface area contributed by atoms with Crippen molar-refractivity contribution in [1.82, 2.24) is 0 Å². The Morgan fingerprint density at radius 3 is 2.33 bits per heavy atom. The molecule has 2 atom stereocenters. The van der Waals surface area contributed by atoms with Gasteiger partial charge in [-0.05, 0) is 39.0 Å². The van der Waals surface area contributed by atoms with Gasteiger partial charge in [0, 0.05) is 0 Å². The molecule has 0 aromatic heterocycles. The molecule has 1 N–H and O–H groups in total. The molecule has 0 fully saturated rings. The van der Waals surface area contributed by atoms with Crippen LogP contribution in [0.3, 0.4) is 0 Å². The summed E-state index contributed by atoms with van der Waals surface area (Å²) in [4.78, 5) is 22.6. The molecule has 0 saturated carbocycles. The Hall–Kier alpha value is -1.58. The van der Waals surface area contributed by atoms with Crippen LogP contribution in [0.4, 0.5) is 0 Å². The van der Waals surface area contributed by atoms with Crippen LogP contribution in [-0.2, 0) is 14.3 Å². The average Bonchev–Trinajstić information content (AvgIpc) is 2.43. The van der Waals surface area contributed by atoms with Crippen molar-refractivity contribution < 1.29 is 19.4 Å². The lowest BCUT2D eigenvalue weighted by Gasteiger charge is -2.17. The number of hydrogen-bond donors (Lipinski definition) is 1. The quantitative estimate of drug-likeness (QED) is 0.516. The first-order valence-electron chi connectivity index (χ1n) is 7.44. The highest BCUT2D eigenvalue weighted by atomic mass is 16.5. The van der Waals surface area contributed by atoms with E-state index in [0.717, 1.165) is 24.8 Å². The Morgan fingerprint density at radius 2 is 1.86 bits per heavy atom. The zero-order chi connectivity index (χ0) is 16.4. The van der Waals surface area contributed by atoms with Crippen LogP contribution >= 0.6 is 0 Å². The van der Waals surface area contributed by atoms with E-state index in [-0.39, 0.29) is 12.3 Å². The van der Waals surface area contributed by atoms with Gasteiger partial charge in [-0.2, -0.15) is 0 Å². The van der Waals surface area contributed by atoms with Crippen molar-refractivity contribution in [3.63, 3.8) is 0 Å². The topological polar surface area (TPSA) is 63.6 Å². The number of carbonyl (C=O) groups is 2. The van der Waals surface area contributed by atoms with Crippen molar-refractivity contribution in [2.75, 3.05) is 7.11 Å². The third-order valence-electron chi connectivity index (χ3n) is 3.70. The zero-order valence-corrected chi connectivity index (χ0v) is 13.8. The van der Waals surface area contributed by atoms with E-state index in [1.54, 1.807) is 0 Å². The molecule has 4 heteroatoms. The van der Waals surface area contributed by atoms with E-state index in [4.69, 9.17) is 0 Å². The van der Waals surface area contributed by atoms with Crippen molar-refractivity contribution >= 4 is 11.9 Å². The van der Waals surface area contributed by atoms with E-state index in [2.05, 4.69) is 24.7 Å². The predicted molar refractivity (Wildman–Crippen MR) is 84.0 cm³/mol. The van der Waals surface area contributed by atoms with Crippen LogP contribution in [0, 0.1) is 11.8 Å². The first-order chi connectivity index (χ1) is 9.81. The molecule has 0 spiro atoms. The van der Waals surface area contributed by atoms with E-state index < -0.39 is 17.9 Å². The molecule has 4 nitrogen and oxygen atoms in total. The van der Waals surface area contributed by atoms with Crippen molar-refractivity contribution in [1.29, 1.82) is 0 Å². The summed E-state index contributed by atoms with van der Waals surface area (Å²) >= 11 is 0. The summed E-state index contributed by atoms with van der Waals surface area (Å²) in [5.74, 6) is -2.38. The van der Waals surface area contributed by atoms with Crippen LogP contribution < -0.4 is 0 Å². The molecule has 0 amide bonds. The van der Waals surface area contributed by atoms with Gasteiger partial charge in [0.25, 0.3) is 0 Å². The molecule has 0 aromatic rings. The number of hydrogen-bond acceptors (Lipinski definition) is 3. The number of methoxy groups -OCH3 is 1. The van der Waals surface area contributed by atoms with Crippen LogP contribution in [0.1, 0.15) is 53.4 Å². The predicted octanol–water partition coefficient (Wildman–Crippen LogP) is 3.97. The molecule has 0 saturated heterocycles. The van der Waals surface area contributed by atoms with E-state index >= 15 is 0 Å². The molecule has 0 aromatic carbocycles. The highest BCUT2D eigenvalue weighted by Gasteiger charge is 2.26. The van der Waals surface area contributed by atoms with Crippen LogP contribution in [0.5, 0.6) is 0 Å². The second-order valence-electron chi connectivity index (χ2n) is 5.54. The molecule has 0 aliphatic rings. The third kappa shape index (κ3) is 8.33. The van der Waals surface area contributed by atoms with Gasteiger partial charge >= 0.3 is 11.9 Å². The van der Waals surface area contributed by atoms with Gasteiger partial charge in [0.2, 0.25) is 0 Å². The normalized spacial score (nSPS) is 15.5. The van der Waals surface area contributed by atoms with Crippen molar-refractivity contribution in [2.24, 2.45) is 11.8 Å². The second kappa shape index (κ2) is 10.2. The first kappa shape index (κ1) is 19.4. The summed E-state index contributed by atoms with van der Waals surface area (Å²) in [5, 5.41) is 9.24. The van der Waals surface area contributed by atoms with Gasteiger partial charge in [-0.1, -0.05) is 37.1 Å². The third-order valence-corrected chi connectivity index (χ3v) is 3.70. The maximum absolute atomic E-state index is 11.3. The van der Waals surface area contributed by atoms with Gasteiger partial charge in [0.15, 0.2) is 0 Å². The molecule has 120 valence electrons. The summed E-state index contributed by atoms with van der Waals surface area (Å²) in [6.45, 7) is 8.07. The maximum Gasteiger partial charge on any atom is 0.307 e. The smallest absolute Gasteiger partial charge is 0.307 e. The minimum absolute atomic E-state index is 0.0916. The number of allylic oxidation sites excluding steroid dienone is 4. The summed E-state index contributed by atoms with van der Waals surface area (Å²) in [7, 11) is 1.27. The van der Waals surface area contributed by atoms with Gasteiger partial charge in [-0.3, -0.25) is 9.59 Å². The van der Waals surface area contributed by atoms with Crippen molar-refractivity contribution in [2.45, 2.75) is 53.4 Å². The second-order valence-corrected chi connectivity index (χ2v) is 5.54. The van der Waals surface area contributed by atoms with Crippen LogP contribution in [0.15, 0.2) is 23.3 Å². The Labute approximate surface area is 127 Å². The lowest BCUT2D eigenvalue weighted by atomic mass is 9.89. The van der Waals surface area contributed by atoms with Gasteiger partial charge < -0.3 is 9.84 Å². The molecular weight excluding hydrogens is 268 g/mol. The zero-order valence-electron chi connectivity index (χ0n) is 13.8. The summed E-state index contributed by atoms with van der Waals surface area (Å²) < 4.78 is 4.56. The Kier molecular flexibility index (Phi) is 9.42. The highest BCUT2D eigenvalue weighted by Crippen LogP contribution is 2.21. The number of rotatable bonds is 9. The Balaban J connectivity index is 4.64. The molecule has 2 unspecified atom stereocenters. The number of aliphatic carboxylic acids is 1. The molecule has 0 radical (unpaired) electrons. The SMILES string of the molecule is CC/C(C)=C/CC/C(C)=C/C(C)C(CC(=O)OC)C(=O)O. The number of carbonyl (C=O) groups excluding carboxylic acids is 1. The molecule has 0 aliphatic carbocycles. The van der Waals surface area contributed by atoms with Crippen LogP contribution in [-0.4, -0.2) is 24.2 Å². The highest BCUT2D eigenvalue weighted by molar-refractivity contribution is 5.79. The average molecular weight is 296 g/mol. The monoisotopic (exact) mass is 296 g/mol. The van der Waals surface area contributed by atoms with E-state index in [1.165, 1.54) is 12.7 Å². The standard InChI is InChI=1S/C17H28O4/c1-6-12(2)8-7-9-13(3)10-14(4)15(17(19)20)11-16(18)21-5/h8,10,14-15H,6-7,9,11H2,1-5H3,(H,19,20)/b12-8+,13-10+. The minimum Gasteiger partial charge on any atom is -0.481 e. The van der Waals surface area contributed by atoms with Crippen molar-refractivity contribution in [3.8, 4) is 0 Å². The van der Waals surface area contributed by atoms with Gasteiger partial charge in [-0.25, -0.2) is 0 Å². The first-order valence-corrected chi connectivity index (χ1v) is 7.44. The fourth-order valence-electron chi connectivity index (χ4n) is 2.10. The van der Waals surface area contributed by atoms with Gasteiger partial charge in [0.1, 0.15) is 0 Å². The number of carboxylic acid groups (broad SMARTS) is 1. The van der Waals surface area contributed by atoms with E-state index in [9.17, 15) is 14.7 Å². The van der Waals surface area contributed by atoms with E-state index in [1.807, 2.05) is 19.9 Å². The molecule has 21 heavy (non-hydrogen) atoms. The summed E-state index contributed by atoms with van der Waals surface area (Å²) in [6, 6.07) is 0. The Morgan fingerprint density at radius 1 is 1.24 bits per heavy atom. The fourth-order valence-corrected chi connectivity index (χ4v) is 2.10. The molecule has 0 aliphatic heterocycles. The molecule has 0 rings (SSSR count). The number of esters is 1. The van der Waals surface area contributed by atoms with Gasteiger partial charge in [-0.15, -0.1) is 0 Å². The largest absolute Gasteiger partial charge is 0.481 e. The summed E-state index contributed by atoms with van der Waals surface area (Å²) in [6.07, 6.45) is 7.00. The minimum atomic E-state index is -0.960. The molecular formula is C17H28O4. The molecule has 0 heterocycles. The molecule has 0 bridgehead atoms. The van der Waals surface area contributed by atoms with Gasteiger partial charge in [0.05, 0.1) is 19.4 Å². The Bertz CT molecular complexity index is 407. The lowest BCUT2D eigenvalue weighted by molar-refractivity contribution is -0.151. The van der Waals surface area contributed by atoms with E-state index in [0.29, 0.717) is 0 Å². The number of ether oxygens (including phenoxy) is 1. The lowest BCUT2D eigenvalue weighted by Crippen LogP contribution is -2.24. The van der Waals surface area contributed by atoms with Crippen molar-refractivity contribution in [3.05, 3.63) is 23.3 Å². The fraction of sp³-hybridized carbons (Fsp3) is 0.647. The number of carboxylic acids is 1. The van der Waals surface area contributed by atoms with Crippen LogP contribution in [0.2, 0.25) is 0 Å². The van der Waals surface area contributed by atoms with Crippen LogP contribution in [0.25, 0.3) is 0 Å². The summed E-state index contributed by atoms with van der Waals surface area (Å²) in [5.41, 5.74) is 2.52.